The number of benzene rings is 1. The monoisotopic (exact) mass is 269 g/mol. The largest absolute Gasteiger partial charge is 0.395 e. The van der Waals surface area contributed by atoms with E-state index in [-0.39, 0.29) is 25.0 Å². The Morgan fingerprint density at radius 2 is 2.16 bits per heavy atom. The van der Waals surface area contributed by atoms with Crippen molar-refractivity contribution in [2.24, 2.45) is 0 Å². The number of hydrogen-bond acceptors (Lipinski definition) is 2. The number of rotatable bonds is 3. The van der Waals surface area contributed by atoms with E-state index in [0.717, 1.165) is 6.07 Å². The average molecular weight is 269 g/mol. The second-order valence-corrected chi connectivity index (χ2v) is 4.80. The van der Waals surface area contributed by atoms with Gasteiger partial charge in [-0.2, -0.15) is 0 Å². The normalized spacial score (nSPS) is 20.5. The Kier molecular flexibility index (Phi) is 4.47. The molecule has 1 amide bonds. The summed E-state index contributed by atoms with van der Waals surface area (Å²) in [5.41, 5.74) is 0.317. The molecule has 0 bridgehead atoms. The van der Waals surface area contributed by atoms with Crippen LogP contribution in [-0.2, 0) is 4.79 Å². The molecule has 1 N–H and O–H groups in total. The van der Waals surface area contributed by atoms with Gasteiger partial charge in [-0.15, -0.1) is 0 Å². The first-order valence-corrected chi connectivity index (χ1v) is 6.46. The van der Waals surface area contributed by atoms with Gasteiger partial charge in [-0.05, 0) is 24.5 Å². The van der Waals surface area contributed by atoms with Crippen molar-refractivity contribution in [3.63, 3.8) is 0 Å². The fraction of sp³-hybridized carbons (Fsp3) is 0.500. The summed E-state index contributed by atoms with van der Waals surface area (Å²) in [5.74, 6) is -1.94. The Balaban J connectivity index is 2.23. The second-order valence-electron chi connectivity index (χ2n) is 4.80. The number of carbonyl (C=O) groups is 1. The van der Waals surface area contributed by atoms with E-state index in [1.54, 1.807) is 6.07 Å². The Morgan fingerprint density at radius 1 is 1.37 bits per heavy atom. The SMILES string of the molecule is O=C1CCC[C@@H](c2cccc(F)c2F)CN1CCO. The summed E-state index contributed by atoms with van der Waals surface area (Å²) >= 11 is 0. The molecule has 1 heterocycles. The summed E-state index contributed by atoms with van der Waals surface area (Å²) < 4.78 is 27.1. The molecule has 2 rings (SSSR count). The fourth-order valence-electron chi connectivity index (χ4n) is 2.54. The van der Waals surface area contributed by atoms with Crippen molar-refractivity contribution in [1.29, 1.82) is 0 Å². The molecule has 5 heteroatoms. The molecule has 1 aromatic rings. The van der Waals surface area contributed by atoms with Gasteiger partial charge in [0.25, 0.3) is 0 Å². The van der Waals surface area contributed by atoms with Gasteiger partial charge >= 0.3 is 0 Å². The minimum absolute atomic E-state index is 0.0339. The molecule has 104 valence electrons. The van der Waals surface area contributed by atoms with Crippen LogP contribution >= 0.6 is 0 Å². The number of halogens is 2. The third-order valence-corrected chi connectivity index (χ3v) is 3.53. The molecule has 1 aliphatic heterocycles. The summed E-state index contributed by atoms with van der Waals surface area (Å²) in [6.45, 7) is 0.454. The highest BCUT2D eigenvalue weighted by Gasteiger charge is 2.26. The maximum atomic E-state index is 13.8. The van der Waals surface area contributed by atoms with Gasteiger partial charge in [0, 0.05) is 25.4 Å². The topological polar surface area (TPSA) is 40.5 Å². The van der Waals surface area contributed by atoms with E-state index in [2.05, 4.69) is 0 Å². The van der Waals surface area contributed by atoms with Gasteiger partial charge in [-0.25, -0.2) is 8.78 Å². The quantitative estimate of drug-likeness (QED) is 0.912. The van der Waals surface area contributed by atoms with Crippen LogP contribution in [0.25, 0.3) is 0 Å². The number of β-amino-alcohol motifs (C(OH)–C–C–N with tert-alkyl or cyclic N) is 1. The van der Waals surface area contributed by atoms with E-state index in [9.17, 15) is 13.6 Å². The van der Waals surface area contributed by atoms with Crippen molar-refractivity contribution in [3.8, 4) is 0 Å². The molecular weight excluding hydrogens is 252 g/mol. The van der Waals surface area contributed by atoms with Gasteiger partial charge in [0.05, 0.1) is 6.61 Å². The predicted octanol–water partition coefficient (Wildman–Crippen LogP) is 2.05. The minimum atomic E-state index is -0.859. The summed E-state index contributed by atoms with van der Waals surface area (Å²) in [7, 11) is 0. The Bertz CT molecular complexity index is 465. The van der Waals surface area contributed by atoms with Crippen LogP contribution in [0.5, 0.6) is 0 Å². The number of likely N-dealkylation sites (tertiary alicyclic amines) is 1. The summed E-state index contributed by atoms with van der Waals surface area (Å²) in [6, 6.07) is 4.14. The van der Waals surface area contributed by atoms with E-state index in [0.29, 0.717) is 31.4 Å². The molecule has 0 aliphatic carbocycles. The van der Waals surface area contributed by atoms with Crippen LogP contribution in [0.15, 0.2) is 18.2 Å². The average Bonchev–Trinajstić information content (AvgIpc) is 2.56. The molecular formula is C14H17F2NO2. The van der Waals surface area contributed by atoms with Crippen molar-refractivity contribution in [3.05, 3.63) is 35.4 Å². The predicted molar refractivity (Wildman–Crippen MR) is 66.6 cm³/mol. The fourth-order valence-corrected chi connectivity index (χ4v) is 2.54. The molecule has 19 heavy (non-hydrogen) atoms. The van der Waals surface area contributed by atoms with E-state index in [1.165, 1.54) is 11.0 Å². The van der Waals surface area contributed by atoms with Gasteiger partial charge in [0.15, 0.2) is 11.6 Å². The number of hydrogen-bond donors (Lipinski definition) is 1. The molecule has 0 radical (unpaired) electrons. The Hall–Kier alpha value is -1.49. The zero-order valence-corrected chi connectivity index (χ0v) is 10.6. The number of carbonyl (C=O) groups excluding carboxylic acids is 1. The smallest absolute Gasteiger partial charge is 0.222 e. The van der Waals surface area contributed by atoms with Crippen molar-refractivity contribution < 1.29 is 18.7 Å². The number of aliphatic hydroxyl groups is 1. The molecule has 0 saturated carbocycles. The Labute approximate surface area is 110 Å². The van der Waals surface area contributed by atoms with Crippen LogP contribution < -0.4 is 0 Å². The van der Waals surface area contributed by atoms with Crippen LogP contribution in [0.4, 0.5) is 8.78 Å². The summed E-state index contributed by atoms with van der Waals surface area (Å²) in [6.07, 6.45) is 1.70. The summed E-state index contributed by atoms with van der Waals surface area (Å²) in [4.78, 5) is 13.3. The molecule has 1 saturated heterocycles. The minimum Gasteiger partial charge on any atom is -0.395 e. The number of aliphatic hydroxyl groups excluding tert-OH is 1. The molecule has 1 atom stereocenters. The molecule has 0 aromatic heterocycles. The number of amides is 1. The molecule has 1 aromatic carbocycles. The summed E-state index contributed by atoms with van der Waals surface area (Å²) in [5, 5.41) is 8.96. The van der Waals surface area contributed by atoms with E-state index < -0.39 is 11.6 Å². The van der Waals surface area contributed by atoms with Crippen LogP contribution in [0.1, 0.15) is 30.7 Å². The van der Waals surface area contributed by atoms with Crippen LogP contribution in [0.3, 0.4) is 0 Å². The lowest BCUT2D eigenvalue weighted by Crippen LogP contribution is -2.35. The first-order chi connectivity index (χ1) is 9.13. The zero-order valence-electron chi connectivity index (χ0n) is 10.6. The molecule has 0 unspecified atom stereocenters. The standard InChI is InChI=1S/C14H17F2NO2/c15-12-5-2-4-11(14(12)16)10-3-1-6-13(19)17(9-10)7-8-18/h2,4-5,10,18H,1,3,6-9H2/t10-/m1/s1. The van der Waals surface area contributed by atoms with Crippen molar-refractivity contribution in [2.75, 3.05) is 19.7 Å². The molecule has 1 fully saturated rings. The van der Waals surface area contributed by atoms with Crippen LogP contribution in [0.2, 0.25) is 0 Å². The molecule has 1 aliphatic rings. The maximum absolute atomic E-state index is 13.8. The van der Waals surface area contributed by atoms with Crippen LogP contribution in [-0.4, -0.2) is 35.6 Å². The van der Waals surface area contributed by atoms with Crippen molar-refractivity contribution in [1.82, 2.24) is 4.90 Å². The third kappa shape index (κ3) is 3.10. The molecule has 3 nitrogen and oxygen atoms in total. The maximum Gasteiger partial charge on any atom is 0.222 e. The van der Waals surface area contributed by atoms with Crippen molar-refractivity contribution in [2.45, 2.75) is 25.2 Å². The van der Waals surface area contributed by atoms with Crippen molar-refractivity contribution >= 4 is 5.91 Å². The van der Waals surface area contributed by atoms with Gasteiger partial charge in [0.2, 0.25) is 5.91 Å². The van der Waals surface area contributed by atoms with Gasteiger partial charge in [-0.3, -0.25) is 4.79 Å². The zero-order chi connectivity index (χ0) is 13.8. The van der Waals surface area contributed by atoms with E-state index >= 15 is 0 Å². The highest BCUT2D eigenvalue weighted by molar-refractivity contribution is 5.76. The van der Waals surface area contributed by atoms with Gasteiger partial charge < -0.3 is 10.0 Å². The lowest BCUT2D eigenvalue weighted by Gasteiger charge is -2.24. The Morgan fingerprint density at radius 3 is 2.89 bits per heavy atom. The lowest BCUT2D eigenvalue weighted by molar-refractivity contribution is -0.131. The first kappa shape index (κ1) is 13.9. The van der Waals surface area contributed by atoms with Crippen LogP contribution in [0, 0.1) is 11.6 Å². The van der Waals surface area contributed by atoms with Gasteiger partial charge in [-0.1, -0.05) is 12.1 Å². The highest BCUT2D eigenvalue weighted by atomic mass is 19.2. The third-order valence-electron chi connectivity index (χ3n) is 3.53. The van der Waals surface area contributed by atoms with Gasteiger partial charge in [0.1, 0.15) is 0 Å². The van der Waals surface area contributed by atoms with E-state index in [1.807, 2.05) is 0 Å². The first-order valence-electron chi connectivity index (χ1n) is 6.46. The number of nitrogens with zero attached hydrogens (tertiary/aromatic N) is 1. The second kappa shape index (κ2) is 6.10. The highest BCUT2D eigenvalue weighted by Crippen LogP contribution is 2.29. The lowest BCUT2D eigenvalue weighted by atomic mass is 9.93. The molecule has 0 spiro atoms. The van der Waals surface area contributed by atoms with E-state index in [4.69, 9.17) is 5.11 Å².